The zero-order chi connectivity index (χ0) is 25.8. The Balaban J connectivity index is 1.86. The molecule has 9 nitrogen and oxygen atoms in total. The quantitative estimate of drug-likeness (QED) is 0.341. The lowest BCUT2D eigenvalue weighted by Crippen LogP contribution is -2.71. The number of aliphatic hydroxyl groups is 1. The second-order valence-electron chi connectivity index (χ2n) is 9.97. The number of benzene rings is 1. The Bertz CT molecular complexity index is 1220. The van der Waals surface area contributed by atoms with Crippen molar-refractivity contribution in [2.45, 2.75) is 32.3 Å². The minimum atomic E-state index is -2.68. The van der Waals surface area contributed by atoms with E-state index in [-0.39, 0.29) is 24.2 Å². The van der Waals surface area contributed by atoms with Gasteiger partial charge in [0.05, 0.1) is 18.0 Å². The van der Waals surface area contributed by atoms with Crippen molar-refractivity contribution >= 4 is 29.0 Å². The fourth-order valence-corrected chi connectivity index (χ4v) is 6.20. The van der Waals surface area contributed by atoms with Gasteiger partial charge in [0.2, 0.25) is 5.91 Å². The van der Waals surface area contributed by atoms with Crippen LogP contribution in [0, 0.1) is 47.3 Å². The highest BCUT2D eigenvalue weighted by Crippen LogP contribution is 2.53. The van der Waals surface area contributed by atoms with Crippen LogP contribution in [-0.4, -0.2) is 58.4 Å². The highest BCUT2D eigenvalue weighted by molar-refractivity contribution is 6.31. The van der Waals surface area contributed by atoms with Gasteiger partial charge in [-0.1, -0.05) is 25.7 Å². The van der Waals surface area contributed by atoms with Crippen LogP contribution < -0.4 is 11.1 Å². The third-order valence-corrected chi connectivity index (χ3v) is 7.68. The molecule has 2 saturated carbocycles. The Hall–Kier alpha value is -3.35. The number of phenolic OH excluding ortho intramolecular Hbond substituents is 1. The van der Waals surface area contributed by atoms with Gasteiger partial charge in [-0.2, -0.15) is 0 Å². The molecule has 1 amide bonds. The highest BCUT2D eigenvalue weighted by Gasteiger charge is 2.69. The molecule has 5 N–H and O–H groups in total. The van der Waals surface area contributed by atoms with Crippen molar-refractivity contribution < 1.29 is 34.2 Å². The zero-order valence-electron chi connectivity index (χ0n) is 19.8. The maximum atomic E-state index is 13.7. The third kappa shape index (κ3) is 3.51. The van der Waals surface area contributed by atoms with E-state index in [4.69, 9.17) is 5.73 Å². The number of nitrogens with two attached hydrogens (primary N) is 1. The van der Waals surface area contributed by atoms with Gasteiger partial charge in [-0.25, -0.2) is 0 Å². The molecule has 184 valence electrons. The molecule has 2 unspecified atom stereocenters. The number of nitrogens with one attached hydrogen (secondary N) is 1. The van der Waals surface area contributed by atoms with Crippen LogP contribution in [0.5, 0.6) is 5.75 Å². The van der Waals surface area contributed by atoms with Crippen molar-refractivity contribution in [2.75, 3.05) is 13.6 Å². The van der Waals surface area contributed by atoms with Crippen molar-refractivity contribution in [1.29, 1.82) is 0 Å². The third-order valence-electron chi connectivity index (χ3n) is 7.68. The number of Topliss-reactive ketones (excluding diaryl/α,β-unsaturated/α-hetero) is 4. The van der Waals surface area contributed by atoms with Crippen LogP contribution in [0.1, 0.15) is 41.8 Å². The molecule has 0 saturated heterocycles. The minimum Gasteiger partial charge on any atom is -0.507 e. The van der Waals surface area contributed by atoms with E-state index in [9.17, 15) is 34.2 Å². The number of primary amides is 1. The average molecular weight is 481 g/mol. The van der Waals surface area contributed by atoms with Gasteiger partial charge in [0.15, 0.2) is 34.7 Å². The first-order valence-corrected chi connectivity index (χ1v) is 11.6. The summed E-state index contributed by atoms with van der Waals surface area (Å²) in [6.45, 7) is 3.83. The largest absolute Gasteiger partial charge is 0.507 e. The van der Waals surface area contributed by atoms with Crippen molar-refractivity contribution in [3.8, 4) is 17.6 Å². The van der Waals surface area contributed by atoms with E-state index in [2.05, 4.69) is 17.2 Å². The summed E-state index contributed by atoms with van der Waals surface area (Å²) in [7, 11) is 1.74. The first-order chi connectivity index (χ1) is 16.5. The molecule has 0 aliphatic heterocycles. The van der Waals surface area contributed by atoms with Crippen LogP contribution in [0.2, 0.25) is 0 Å². The van der Waals surface area contributed by atoms with E-state index >= 15 is 0 Å². The molecular weight excluding hydrogens is 452 g/mol. The molecule has 2 fully saturated rings. The fourth-order valence-electron chi connectivity index (χ4n) is 6.20. The molecule has 3 aliphatic carbocycles. The number of fused-ring (bicyclic) bond motifs is 3. The second-order valence-corrected chi connectivity index (χ2v) is 9.97. The smallest absolute Gasteiger partial charge is 0.235 e. The highest BCUT2D eigenvalue weighted by atomic mass is 16.3. The lowest BCUT2D eigenvalue weighted by molar-refractivity contribution is -0.182. The number of hydrogen-bond donors (Lipinski definition) is 4. The number of phenols is 1. The minimum absolute atomic E-state index is 0.0446. The van der Waals surface area contributed by atoms with Crippen LogP contribution in [0.25, 0.3) is 0 Å². The first-order valence-electron chi connectivity index (χ1n) is 11.6. The van der Waals surface area contributed by atoms with Crippen LogP contribution >= 0.6 is 0 Å². The molecule has 9 heteroatoms. The standard InChI is InChI=1S/C26H28N2O7/c1-11(2)17-15-10-13-9-14-12(5-4-8-28-3)6-7-16(29)19(14)22(31)18(13)23(32)26(15,35)24(33)20(21(17)30)25(27)34/h6-7,11,13,15,17-18,20,28-29,35H,8-10H2,1-3H3,(H2,27,34)/t13-,15-,17-,18?,20?,26-/m0/s1. The van der Waals surface area contributed by atoms with Gasteiger partial charge in [0.1, 0.15) is 5.75 Å². The van der Waals surface area contributed by atoms with Crippen molar-refractivity contribution in [2.24, 2.45) is 41.2 Å². The van der Waals surface area contributed by atoms with E-state index in [0.29, 0.717) is 17.7 Å². The Labute approximate surface area is 202 Å². The number of hydrogen-bond acceptors (Lipinski definition) is 8. The van der Waals surface area contributed by atoms with E-state index in [1.165, 1.54) is 6.07 Å². The Morgan fingerprint density at radius 1 is 1.23 bits per heavy atom. The molecular formula is C26H28N2O7. The van der Waals surface area contributed by atoms with Crippen molar-refractivity contribution in [3.05, 3.63) is 28.8 Å². The maximum absolute atomic E-state index is 13.7. The van der Waals surface area contributed by atoms with Crippen molar-refractivity contribution in [3.63, 3.8) is 0 Å². The number of aromatic hydroxyl groups is 1. The number of amides is 1. The summed E-state index contributed by atoms with van der Waals surface area (Å²) in [4.78, 5) is 65.6. The van der Waals surface area contributed by atoms with Gasteiger partial charge in [-0.3, -0.25) is 24.0 Å². The van der Waals surface area contributed by atoms with E-state index in [1.54, 1.807) is 27.0 Å². The number of carbonyl (C=O) groups is 5. The summed E-state index contributed by atoms with van der Waals surface area (Å²) in [6.07, 6.45) is 0.247. The Morgan fingerprint density at radius 2 is 1.91 bits per heavy atom. The van der Waals surface area contributed by atoms with Gasteiger partial charge in [0.25, 0.3) is 0 Å². The predicted octanol–water partition coefficient (Wildman–Crippen LogP) is -0.220. The Morgan fingerprint density at radius 3 is 2.51 bits per heavy atom. The van der Waals surface area contributed by atoms with Crippen LogP contribution in [-0.2, 0) is 25.6 Å². The normalized spacial score (nSPS) is 31.9. The summed E-state index contributed by atoms with van der Waals surface area (Å²) >= 11 is 0. The number of rotatable bonds is 3. The predicted molar refractivity (Wildman–Crippen MR) is 123 cm³/mol. The van der Waals surface area contributed by atoms with Gasteiger partial charge < -0.3 is 21.3 Å². The van der Waals surface area contributed by atoms with Gasteiger partial charge in [-0.15, -0.1) is 0 Å². The SMILES string of the molecule is CNCC#Cc1ccc(O)c2c1C[C@H]1C[C@H]3[C@H](C(C)C)C(=O)C(C(N)=O)C(=O)[C@@]3(O)C(=O)C1C2=O. The molecule has 1 aromatic rings. The molecule has 0 radical (unpaired) electrons. The van der Waals surface area contributed by atoms with E-state index in [1.807, 2.05) is 0 Å². The molecule has 0 aromatic heterocycles. The lowest BCUT2D eigenvalue weighted by Gasteiger charge is -2.52. The summed E-state index contributed by atoms with van der Waals surface area (Å²) < 4.78 is 0. The summed E-state index contributed by atoms with van der Waals surface area (Å²) in [5, 5.41) is 24.9. The topological polar surface area (TPSA) is 164 Å². The molecule has 4 rings (SSSR count). The molecule has 0 heterocycles. The molecule has 6 atom stereocenters. The molecule has 1 aromatic carbocycles. The number of ketones is 4. The van der Waals surface area contributed by atoms with Crippen molar-refractivity contribution in [1.82, 2.24) is 5.32 Å². The van der Waals surface area contributed by atoms with Crippen LogP contribution in [0.4, 0.5) is 0 Å². The first kappa shape index (κ1) is 24.8. The lowest BCUT2D eigenvalue weighted by atomic mass is 9.49. The van der Waals surface area contributed by atoms with E-state index < -0.39 is 70.1 Å². The zero-order valence-corrected chi connectivity index (χ0v) is 19.8. The van der Waals surface area contributed by atoms with Gasteiger partial charge >= 0.3 is 0 Å². The Kier molecular flexibility index (Phi) is 6.16. The second kappa shape index (κ2) is 8.70. The van der Waals surface area contributed by atoms with Gasteiger partial charge in [-0.05, 0) is 49.4 Å². The summed E-state index contributed by atoms with van der Waals surface area (Å²) in [5.41, 5.74) is 3.63. The maximum Gasteiger partial charge on any atom is 0.235 e. The molecule has 0 spiro atoms. The fraction of sp³-hybridized carbons (Fsp3) is 0.500. The molecule has 3 aliphatic rings. The molecule has 0 bridgehead atoms. The summed E-state index contributed by atoms with van der Waals surface area (Å²) in [5.74, 6) is -5.71. The van der Waals surface area contributed by atoms with Crippen LogP contribution in [0.3, 0.4) is 0 Å². The van der Waals surface area contributed by atoms with Gasteiger partial charge in [0, 0.05) is 17.4 Å². The van der Waals surface area contributed by atoms with E-state index in [0.717, 1.165) is 0 Å². The number of carbonyl (C=O) groups excluding carboxylic acids is 5. The van der Waals surface area contributed by atoms with Crippen LogP contribution in [0.15, 0.2) is 12.1 Å². The summed E-state index contributed by atoms with van der Waals surface area (Å²) in [6, 6.07) is 2.93. The average Bonchev–Trinajstić information content (AvgIpc) is 2.77. The molecule has 35 heavy (non-hydrogen) atoms. The monoisotopic (exact) mass is 480 g/mol.